The summed E-state index contributed by atoms with van der Waals surface area (Å²) in [6.07, 6.45) is 0.801. The third kappa shape index (κ3) is 3.26. The minimum Gasteiger partial charge on any atom is -0.341 e. The van der Waals surface area contributed by atoms with Gasteiger partial charge in [0.15, 0.2) is 0 Å². The fraction of sp³-hybridized carbons (Fsp3) is 0.429. The Balaban J connectivity index is 2.08. The van der Waals surface area contributed by atoms with Crippen LogP contribution in [0.15, 0.2) is 24.3 Å². The first-order valence-corrected chi connectivity index (χ1v) is 6.76. The molecule has 1 aromatic rings. The van der Waals surface area contributed by atoms with Crippen molar-refractivity contribution < 1.29 is 9.59 Å². The molecule has 1 heterocycles. The summed E-state index contributed by atoms with van der Waals surface area (Å²) in [5.41, 5.74) is 0.528. The van der Waals surface area contributed by atoms with Gasteiger partial charge >= 0.3 is 0 Å². The van der Waals surface area contributed by atoms with E-state index in [0.717, 1.165) is 6.42 Å². The summed E-state index contributed by atoms with van der Waals surface area (Å²) in [6, 6.07) is 7.06. The Morgan fingerprint density at radius 1 is 1.05 bits per heavy atom. The lowest BCUT2D eigenvalue weighted by Gasteiger charge is -2.21. The summed E-state index contributed by atoms with van der Waals surface area (Å²) in [5.74, 6) is 0.00282. The molecule has 102 valence electrons. The van der Waals surface area contributed by atoms with Crippen molar-refractivity contribution in [1.29, 1.82) is 0 Å². The van der Waals surface area contributed by atoms with E-state index in [0.29, 0.717) is 36.8 Å². The van der Waals surface area contributed by atoms with Crippen molar-refractivity contribution >= 4 is 23.4 Å². The van der Waals surface area contributed by atoms with Gasteiger partial charge in [0.2, 0.25) is 5.91 Å². The highest BCUT2D eigenvalue weighted by Gasteiger charge is 2.22. The number of nitrogens with zero attached hydrogens (tertiary/aromatic N) is 2. The van der Waals surface area contributed by atoms with Crippen LogP contribution in [0.25, 0.3) is 0 Å². The molecule has 4 nitrogen and oxygen atoms in total. The molecule has 2 rings (SSSR count). The van der Waals surface area contributed by atoms with E-state index in [9.17, 15) is 9.59 Å². The van der Waals surface area contributed by atoms with Gasteiger partial charge in [-0.05, 0) is 18.6 Å². The molecule has 0 aliphatic carbocycles. The van der Waals surface area contributed by atoms with Gasteiger partial charge in [-0.2, -0.15) is 0 Å². The van der Waals surface area contributed by atoms with Gasteiger partial charge < -0.3 is 9.80 Å². The van der Waals surface area contributed by atoms with Crippen LogP contribution in [-0.2, 0) is 4.79 Å². The zero-order chi connectivity index (χ0) is 13.8. The molecule has 1 aliphatic heterocycles. The van der Waals surface area contributed by atoms with Crippen molar-refractivity contribution in [2.45, 2.75) is 13.3 Å². The maximum Gasteiger partial charge on any atom is 0.255 e. The van der Waals surface area contributed by atoms with Gasteiger partial charge in [-0.3, -0.25) is 9.59 Å². The van der Waals surface area contributed by atoms with Crippen LogP contribution in [0.2, 0.25) is 5.02 Å². The van der Waals surface area contributed by atoms with Crippen molar-refractivity contribution in [3.05, 3.63) is 34.9 Å². The van der Waals surface area contributed by atoms with Crippen molar-refractivity contribution in [3.63, 3.8) is 0 Å². The number of halogens is 1. The summed E-state index contributed by atoms with van der Waals surface area (Å²) in [7, 11) is 0. The molecule has 19 heavy (non-hydrogen) atoms. The molecule has 1 aliphatic rings. The van der Waals surface area contributed by atoms with E-state index in [2.05, 4.69) is 0 Å². The molecule has 1 saturated heterocycles. The molecule has 0 saturated carbocycles. The van der Waals surface area contributed by atoms with Crippen LogP contribution in [0.4, 0.5) is 0 Å². The Kier molecular flexibility index (Phi) is 4.43. The van der Waals surface area contributed by atoms with E-state index < -0.39 is 0 Å². The lowest BCUT2D eigenvalue weighted by molar-refractivity contribution is -0.128. The van der Waals surface area contributed by atoms with Gasteiger partial charge in [0, 0.05) is 33.1 Å². The minimum absolute atomic E-state index is 0.0593. The third-order valence-corrected chi connectivity index (χ3v) is 3.66. The molecule has 0 radical (unpaired) electrons. The number of carbonyl (C=O) groups is 2. The fourth-order valence-corrected chi connectivity index (χ4v) is 2.46. The number of amides is 2. The number of rotatable bonds is 1. The van der Waals surface area contributed by atoms with Crippen LogP contribution in [0.1, 0.15) is 23.7 Å². The Morgan fingerprint density at radius 3 is 2.37 bits per heavy atom. The molecular weight excluding hydrogens is 264 g/mol. The number of benzene rings is 1. The second-order valence-corrected chi connectivity index (χ2v) is 5.04. The zero-order valence-corrected chi connectivity index (χ0v) is 11.7. The average molecular weight is 281 g/mol. The van der Waals surface area contributed by atoms with E-state index in [1.54, 1.807) is 41.0 Å². The second kappa shape index (κ2) is 6.06. The minimum atomic E-state index is -0.0593. The van der Waals surface area contributed by atoms with Crippen LogP contribution in [-0.4, -0.2) is 47.8 Å². The molecular formula is C14H17ClN2O2. The quantitative estimate of drug-likeness (QED) is 0.790. The molecule has 0 atom stereocenters. The molecule has 0 bridgehead atoms. The molecule has 2 amide bonds. The van der Waals surface area contributed by atoms with E-state index in [-0.39, 0.29) is 11.8 Å². The zero-order valence-electron chi connectivity index (χ0n) is 10.9. The maximum atomic E-state index is 12.4. The SMILES string of the molecule is CC(=O)N1CCCN(C(=O)c2ccccc2Cl)CC1. The molecule has 1 fully saturated rings. The van der Waals surface area contributed by atoms with Crippen molar-refractivity contribution in [2.75, 3.05) is 26.2 Å². The van der Waals surface area contributed by atoms with Gasteiger partial charge in [0.05, 0.1) is 10.6 Å². The molecule has 5 heteroatoms. The first-order valence-electron chi connectivity index (χ1n) is 6.39. The Hall–Kier alpha value is -1.55. The lowest BCUT2D eigenvalue weighted by atomic mass is 10.2. The molecule has 1 aromatic carbocycles. The molecule has 0 unspecified atom stereocenters. The molecule has 0 spiro atoms. The Morgan fingerprint density at radius 2 is 1.68 bits per heavy atom. The number of hydrogen-bond donors (Lipinski definition) is 0. The van der Waals surface area contributed by atoms with E-state index >= 15 is 0 Å². The maximum absolute atomic E-state index is 12.4. The second-order valence-electron chi connectivity index (χ2n) is 4.63. The van der Waals surface area contributed by atoms with Crippen LogP contribution < -0.4 is 0 Å². The Labute approximate surface area is 117 Å². The largest absolute Gasteiger partial charge is 0.341 e. The average Bonchev–Trinajstić information content (AvgIpc) is 2.64. The highest BCUT2D eigenvalue weighted by atomic mass is 35.5. The molecule has 0 N–H and O–H groups in total. The monoisotopic (exact) mass is 280 g/mol. The summed E-state index contributed by atoms with van der Waals surface area (Å²) >= 11 is 6.05. The van der Waals surface area contributed by atoms with Gasteiger partial charge in [-0.25, -0.2) is 0 Å². The van der Waals surface area contributed by atoms with Crippen molar-refractivity contribution in [3.8, 4) is 0 Å². The topological polar surface area (TPSA) is 40.6 Å². The summed E-state index contributed by atoms with van der Waals surface area (Å²) < 4.78 is 0. The van der Waals surface area contributed by atoms with Crippen molar-refractivity contribution in [1.82, 2.24) is 9.80 Å². The predicted octanol–water partition coefficient (Wildman–Crippen LogP) is 2.03. The van der Waals surface area contributed by atoms with Gasteiger partial charge in [0.25, 0.3) is 5.91 Å². The summed E-state index contributed by atoms with van der Waals surface area (Å²) in [5, 5.41) is 0.472. The Bertz CT molecular complexity index is 490. The predicted molar refractivity (Wildman–Crippen MR) is 74.2 cm³/mol. The van der Waals surface area contributed by atoms with Gasteiger partial charge in [-0.1, -0.05) is 23.7 Å². The highest BCUT2D eigenvalue weighted by molar-refractivity contribution is 6.33. The van der Waals surface area contributed by atoms with Crippen LogP contribution in [0.5, 0.6) is 0 Å². The van der Waals surface area contributed by atoms with Crippen molar-refractivity contribution in [2.24, 2.45) is 0 Å². The van der Waals surface area contributed by atoms with Gasteiger partial charge in [-0.15, -0.1) is 0 Å². The van der Waals surface area contributed by atoms with Gasteiger partial charge in [0.1, 0.15) is 0 Å². The van der Waals surface area contributed by atoms with Crippen LogP contribution in [0, 0.1) is 0 Å². The third-order valence-electron chi connectivity index (χ3n) is 3.33. The van der Waals surface area contributed by atoms with E-state index in [1.807, 2.05) is 0 Å². The van der Waals surface area contributed by atoms with Crippen LogP contribution in [0.3, 0.4) is 0 Å². The smallest absolute Gasteiger partial charge is 0.255 e. The fourth-order valence-electron chi connectivity index (χ4n) is 2.24. The summed E-state index contributed by atoms with van der Waals surface area (Å²) in [6.45, 7) is 4.08. The summed E-state index contributed by atoms with van der Waals surface area (Å²) in [4.78, 5) is 27.3. The van der Waals surface area contributed by atoms with Crippen LogP contribution >= 0.6 is 11.6 Å². The first-order chi connectivity index (χ1) is 9.09. The van der Waals surface area contributed by atoms with E-state index in [1.165, 1.54) is 0 Å². The highest BCUT2D eigenvalue weighted by Crippen LogP contribution is 2.18. The standard InChI is InChI=1S/C14H17ClN2O2/c1-11(18)16-7-4-8-17(10-9-16)14(19)12-5-2-3-6-13(12)15/h2-3,5-6H,4,7-10H2,1H3. The first kappa shape index (κ1) is 13.9. The number of carbonyl (C=O) groups excluding carboxylic acids is 2. The van der Waals surface area contributed by atoms with E-state index in [4.69, 9.17) is 11.6 Å². The normalized spacial score (nSPS) is 16.1. The lowest BCUT2D eigenvalue weighted by Crippen LogP contribution is -2.36. The number of hydrogen-bond acceptors (Lipinski definition) is 2. The molecule has 0 aromatic heterocycles.